The molecule has 4 aromatic heterocycles. The van der Waals surface area contributed by atoms with Gasteiger partial charge in [0.2, 0.25) is 10.0 Å². The Bertz CT molecular complexity index is 2240. The van der Waals surface area contributed by atoms with Gasteiger partial charge in [0.05, 0.1) is 29.4 Å². The van der Waals surface area contributed by atoms with E-state index in [1.54, 1.807) is 37.5 Å². The number of nitrogens with zero attached hydrogens (tertiary/aromatic N) is 6. The van der Waals surface area contributed by atoms with Crippen LogP contribution in [0.15, 0.2) is 78.2 Å². The molecule has 7 rings (SSSR count). The number of halogens is 3. The zero-order chi connectivity index (χ0) is 32.9. The molecule has 0 amide bonds. The van der Waals surface area contributed by atoms with E-state index in [0.717, 1.165) is 28.0 Å². The maximum Gasteiger partial charge on any atom is 0.393 e. The molecule has 1 aliphatic rings. The number of nitriles is 1. The van der Waals surface area contributed by atoms with Crippen LogP contribution in [0.2, 0.25) is 0 Å². The maximum atomic E-state index is 14.1. The van der Waals surface area contributed by atoms with Crippen LogP contribution in [-0.2, 0) is 23.0 Å². The summed E-state index contributed by atoms with van der Waals surface area (Å²) in [7, 11) is -4.07. The van der Waals surface area contributed by atoms with E-state index in [1.807, 2.05) is 39.8 Å². The highest BCUT2D eigenvalue weighted by molar-refractivity contribution is 7.89. The second-order valence-electron chi connectivity index (χ2n) is 11.5. The standard InChI is InChI=1S/C32H27F3N8O2S2/c1-19-24-9-22(12-36)43(15-20-13-39-40-14-20)28(24)7-8-29(19)47(44,45)41-27-17-42(16-26(27)21-5-3-2-4-6-21)30-25-10-23(11-32(33,34)35)46-31(25)38-18-37-30/h2-10,13-14,18,26-27,41H,11,15-17H2,1H3,(H,39,40). The van der Waals surface area contributed by atoms with E-state index in [9.17, 15) is 26.9 Å². The first kappa shape index (κ1) is 30.9. The van der Waals surface area contributed by atoms with Gasteiger partial charge in [-0.2, -0.15) is 23.5 Å². The number of benzene rings is 2. The van der Waals surface area contributed by atoms with Crippen LogP contribution in [0, 0.1) is 18.3 Å². The maximum absolute atomic E-state index is 14.1. The minimum atomic E-state index is -4.36. The Morgan fingerprint density at radius 1 is 1.11 bits per heavy atom. The summed E-state index contributed by atoms with van der Waals surface area (Å²) < 4.78 is 72.4. The van der Waals surface area contributed by atoms with Crippen LogP contribution in [-0.4, -0.2) is 58.5 Å². The Hall–Kier alpha value is -4.78. The van der Waals surface area contributed by atoms with Gasteiger partial charge in [0, 0.05) is 52.6 Å². The molecule has 1 saturated heterocycles. The molecule has 0 radical (unpaired) electrons. The van der Waals surface area contributed by atoms with Crippen molar-refractivity contribution < 1.29 is 21.6 Å². The summed E-state index contributed by atoms with van der Waals surface area (Å²) in [5, 5.41) is 17.7. The molecule has 6 aromatic rings. The molecule has 47 heavy (non-hydrogen) atoms. The summed E-state index contributed by atoms with van der Waals surface area (Å²) in [4.78, 5) is 11.2. The van der Waals surface area contributed by atoms with Gasteiger partial charge in [-0.3, -0.25) is 5.10 Å². The highest BCUT2D eigenvalue weighted by Crippen LogP contribution is 2.38. The topological polar surface area (TPSA) is 133 Å². The number of fused-ring (bicyclic) bond motifs is 2. The summed E-state index contributed by atoms with van der Waals surface area (Å²) in [5.74, 6) is 0.178. The van der Waals surface area contributed by atoms with Crippen molar-refractivity contribution in [3.63, 3.8) is 0 Å². The average Bonchev–Trinajstić information content (AvgIpc) is 3.83. The predicted octanol–water partition coefficient (Wildman–Crippen LogP) is 5.65. The number of hydrogen-bond acceptors (Lipinski definition) is 8. The number of rotatable bonds is 8. The molecule has 5 heterocycles. The van der Waals surface area contributed by atoms with Gasteiger partial charge in [-0.1, -0.05) is 30.3 Å². The molecule has 2 atom stereocenters. The predicted molar refractivity (Wildman–Crippen MR) is 172 cm³/mol. The number of H-pyrrole nitrogens is 1. The molecular formula is C32H27F3N8O2S2. The summed E-state index contributed by atoms with van der Waals surface area (Å²) in [5.41, 5.74) is 3.41. The van der Waals surface area contributed by atoms with Crippen LogP contribution in [0.25, 0.3) is 21.1 Å². The van der Waals surface area contributed by atoms with Crippen molar-refractivity contribution in [1.29, 1.82) is 5.26 Å². The van der Waals surface area contributed by atoms with E-state index in [1.165, 1.54) is 12.4 Å². The van der Waals surface area contributed by atoms with Crippen LogP contribution in [0.3, 0.4) is 0 Å². The second-order valence-corrected chi connectivity index (χ2v) is 14.3. The first-order valence-corrected chi connectivity index (χ1v) is 16.9. The molecule has 2 unspecified atom stereocenters. The molecule has 15 heteroatoms. The van der Waals surface area contributed by atoms with Crippen molar-refractivity contribution in [2.24, 2.45) is 0 Å². The van der Waals surface area contributed by atoms with Gasteiger partial charge in [0.1, 0.15) is 28.7 Å². The van der Waals surface area contributed by atoms with Gasteiger partial charge >= 0.3 is 6.18 Å². The van der Waals surface area contributed by atoms with Crippen molar-refractivity contribution >= 4 is 48.3 Å². The Morgan fingerprint density at radius 2 is 1.91 bits per heavy atom. The van der Waals surface area contributed by atoms with Crippen LogP contribution >= 0.6 is 11.3 Å². The van der Waals surface area contributed by atoms with Gasteiger partial charge in [0.25, 0.3) is 0 Å². The number of hydrogen-bond donors (Lipinski definition) is 2. The smallest absolute Gasteiger partial charge is 0.354 e. The molecule has 2 N–H and O–H groups in total. The van der Waals surface area contributed by atoms with Crippen LogP contribution in [0.4, 0.5) is 19.0 Å². The first-order valence-electron chi connectivity index (χ1n) is 14.6. The summed E-state index contributed by atoms with van der Waals surface area (Å²) >= 11 is 0.974. The quantitative estimate of drug-likeness (QED) is 0.213. The number of alkyl halides is 3. The van der Waals surface area contributed by atoms with E-state index in [-0.39, 0.29) is 22.2 Å². The molecule has 0 spiro atoms. The van der Waals surface area contributed by atoms with E-state index in [2.05, 4.69) is 31.0 Å². The highest BCUT2D eigenvalue weighted by atomic mass is 32.2. The number of anilines is 1. The lowest BCUT2D eigenvalue weighted by Crippen LogP contribution is -2.40. The van der Waals surface area contributed by atoms with Crippen molar-refractivity contribution in [2.75, 3.05) is 18.0 Å². The number of aryl methyl sites for hydroxylation is 1. The Balaban J connectivity index is 1.23. The van der Waals surface area contributed by atoms with Crippen LogP contribution < -0.4 is 9.62 Å². The monoisotopic (exact) mass is 676 g/mol. The second kappa shape index (κ2) is 11.8. The van der Waals surface area contributed by atoms with Gasteiger partial charge in [0.15, 0.2) is 0 Å². The minimum Gasteiger partial charge on any atom is -0.354 e. The molecular weight excluding hydrogens is 650 g/mol. The molecule has 0 aliphatic carbocycles. The van der Waals surface area contributed by atoms with E-state index in [0.29, 0.717) is 45.8 Å². The van der Waals surface area contributed by atoms with Crippen molar-refractivity contribution in [3.8, 4) is 6.07 Å². The summed E-state index contributed by atoms with van der Waals surface area (Å²) in [6.45, 7) is 2.73. The first-order chi connectivity index (χ1) is 22.5. The van der Waals surface area contributed by atoms with Crippen molar-refractivity contribution in [1.82, 2.24) is 29.5 Å². The average molecular weight is 677 g/mol. The Kier molecular flexibility index (Phi) is 7.74. The normalized spacial score (nSPS) is 17.1. The fourth-order valence-electron chi connectivity index (χ4n) is 6.38. The molecule has 10 nitrogen and oxygen atoms in total. The fraction of sp³-hybridized carbons (Fsp3) is 0.250. The molecule has 0 saturated carbocycles. The van der Waals surface area contributed by atoms with Gasteiger partial charge in [-0.25, -0.2) is 23.1 Å². The number of nitrogens with one attached hydrogen (secondary N) is 2. The largest absolute Gasteiger partial charge is 0.393 e. The number of aromatic amines is 1. The van der Waals surface area contributed by atoms with Crippen molar-refractivity contribution in [3.05, 3.63) is 101 Å². The highest BCUT2D eigenvalue weighted by Gasteiger charge is 2.39. The molecule has 0 bridgehead atoms. The third kappa shape index (κ3) is 5.95. The number of aromatic nitrogens is 5. The van der Waals surface area contributed by atoms with E-state index < -0.39 is 28.7 Å². The third-order valence-corrected chi connectivity index (χ3v) is 11.2. The van der Waals surface area contributed by atoms with E-state index in [4.69, 9.17) is 0 Å². The zero-order valence-electron chi connectivity index (χ0n) is 24.9. The lowest BCUT2D eigenvalue weighted by atomic mass is 9.95. The number of thiophene rings is 1. The van der Waals surface area contributed by atoms with Crippen LogP contribution in [0.5, 0.6) is 0 Å². The number of sulfonamides is 1. The van der Waals surface area contributed by atoms with Crippen molar-refractivity contribution in [2.45, 2.75) is 42.9 Å². The third-order valence-electron chi connectivity index (χ3n) is 8.49. The molecule has 1 aliphatic heterocycles. The lowest BCUT2D eigenvalue weighted by Gasteiger charge is -2.21. The Labute approximate surface area is 271 Å². The minimum absolute atomic E-state index is 0.0965. The summed E-state index contributed by atoms with van der Waals surface area (Å²) in [6, 6.07) is 17.6. The lowest BCUT2D eigenvalue weighted by molar-refractivity contribution is -0.126. The molecule has 1 fully saturated rings. The molecule has 2 aromatic carbocycles. The SMILES string of the molecule is Cc1c(S(=O)(=O)NC2CN(c3ncnc4sc(CC(F)(F)F)cc34)CC2c2ccccc2)ccc2c1cc(C#N)n2Cc1cn[nH]c1. The van der Waals surface area contributed by atoms with Gasteiger partial charge < -0.3 is 9.47 Å². The van der Waals surface area contributed by atoms with E-state index >= 15 is 0 Å². The van der Waals surface area contributed by atoms with Gasteiger partial charge in [-0.15, -0.1) is 11.3 Å². The Morgan fingerprint density at radius 3 is 2.64 bits per heavy atom. The fourth-order valence-corrected chi connectivity index (χ4v) is 8.93. The van der Waals surface area contributed by atoms with Gasteiger partial charge in [-0.05, 0) is 42.3 Å². The summed E-state index contributed by atoms with van der Waals surface area (Å²) in [6.07, 6.45) is -0.683. The zero-order valence-corrected chi connectivity index (χ0v) is 26.5. The molecule has 240 valence electrons. The van der Waals surface area contributed by atoms with Crippen LogP contribution in [0.1, 0.15) is 33.2 Å².